The Morgan fingerprint density at radius 1 is 1.28 bits per heavy atom. The van der Waals surface area contributed by atoms with Gasteiger partial charge in [-0.3, -0.25) is 9.67 Å². The van der Waals surface area contributed by atoms with E-state index in [1.54, 1.807) is 10.7 Å². The van der Waals surface area contributed by atoms with Crippen LogP contribution in [0.15, 0.2) is 35.6 Å². The Labute approximate surface area is 147 Å². The summed E-state index contributed by atoms with van der Waals surface area (Å²) in [5.41, 5.74) is 1.88. The fourth-order valence-corrected chi connectivity index (χ4v) is 2.42. The Morgan fingerprint density at radius 2 is 2.08 bits per heavy atom. The van der Waals surface area contributed by atoms with Gasteiger partial charge in [-0.15, -0.1) is 0 Å². The second-order valence-corrected chi connectivity index (χ2v) is 5.99. The van der Waals surface area contributed by atoms with Gasteiger partial charge >= 0.3 is 0 Å². The Morgan fingerprint density at radius 3 is 2.72 bits per heavy atom. The van der Waals surface area contributed by atoms with E-state index in [-0.39, 0.29) is 5.92 Å². The van der Waals surface area contributed by atoms with Crippen molar-refractivity contribution in [1.29, 1.82) is 0 Å². The molecule has 2 aromatic rings. The molecule has 0 bridgehead atoms. The molecule has 5 nitrogen and oxygen atoms in total. The van der Waals surface area contributed by atoms with E-state index in [2.05, 4.69) is 20.7 Å². The Kier molecular flexibility index (Phi) is 6.91. The highest BCUT2D eigenvalue weighted by molar-refractivity contribution is 5.79. The maximum absolute atomic E-state index is 13.3. The quantitative estimate of drug-likeness (QED) is 0.597. The standard InChI is InChI=1S/C18H25F2N5/c1-4-21-18(22-8-7-14-11-24-25(3)12-14)23-10-13(2)15-5-6-16(19)17(20)9-15/h5-6,9,11-13H,4,7-8,10H2,1-3H3,(H2,21,22,23)/t13-/m0/s1. The molecule has 1 atom stereocenters. The summed E-state index contributed by atoms with van der Waals surface area (Å²) < 4.78 is 28.2. The van der Waals surface area contributed by atoms with Crippen LogP contribution < -0.4 is 10.6 Å². The molecule has 0 saturated carbocycles. The van der Waals surface area contributed by atoms with Crippen molar-refractivity contribution >= 4 is 5.96 Å². The lowest BCUT2D eigenvalue weighted by Gasteiger charge is -2.14. The van der Waals surface area contributed by atoms with Gasteiger partial charge in [0.15, 0.2) is 17.6 Å². The first kappa shape index (κ1) is 18.9. The molecule has 136 valence electrons. The highest BCUT2D eigenvalue weighted by Crippen LogP contribution is 2.18. The second-order valence-electron chi connectivity index (χ2n) is 5.99. The summed E-state index contributed by atoms with van der Waals surface area (Å²) in [6.07, 6.45) is 4.67. The summed E-state index contributed by atoms with van der Waals surface area (Å²) in [7, 11) is 1.89. The van der Waals surface area contributed by atoms with Gasteiger partial charge in [0.1, 0.15) is 0 Å². The van der Waals surface area contributed by atoms with Gasteiger partial charge in [-0.2, -0.15) is 5.10 Å². The van der Waals surface area contributed by atoms with Crippen molar-refractivity contribution in [3.8, 4) is 0 Å². The van der Waals surface area contributed by atoms with Gasteiger partial charge in [-0.25, -0.2) is 8.78 Å². The first-order valence-corrected chi connectivity index (χ1v) is 8.44. The number of nitrogens with one attached hydrogen (secondary N) is 2. The van der Waals surface area contributed by atoms with Gasteiger partial charge < -0.3 is 10.6 Å². The van der Waals surface area contributed by atoms with E-state index in [4.69, 9.17) is 0 Å². The molecule has 1 aromatic carbocycles. The van der Waals surface area contributed by atoms with Crippen molar-refractivity contribution in [2.45, 2.75) is 26.2 Å². The highest BCUT2D eigenvalue weighted by atomic mass is 19.2. The van der Waals surface area contributed by atoms with Gasteiger partial charge in [0, 0.05) is 38.8 Å². The number of nitrogens with zero attached hydrogens (tertiary/aromatic N) is 3. The molecule has 7 heteroatoms. The van der Waals surface area contributed by atoms with Crippen LogP contribution in [0.1, 0.15) is 30.9 Å². The molecule has 0 spiro atoms. The van der Waals surface area contributed by atoms with Crippen LogP contribution in [-0.4, -0.2) is 35.4 Å². The molecular weight excluding hydrogens is 324 g/mol. The number of halogens is 2. The number of rotatable bonds is 7. The molecule has 1 heterocycles. The largest absolute Gasteiger partial charge is 0.357 e. The van der Waals surface area contributed by atoms with Crippen molar-refractivity contribution < 1.29 is 8.78 Å². The van der Waals surface area contributed by atoms with Crippen LogP contribution in [-0.2, 0) is 13.5 Å². The van der Waals surface area contributed by atoms with Crippen molar-refractivity contribution in [1.82, 2.24) is 20.4 Å². The Bertz CT molecular complexity index is 711. The number of hydrogen-bond acceptors (Lipinski definition) is 2. The van der Waals surface area contributed by atoms with Crippen LogP contribution in [0.5, 0.6) is 0 Å². The number of guanidine groups is 1. The van der Waals surface area contributed by atoms with Crippen LogP contribution in [0.25, 0.3) is 0 Å². The van der Waals surface area contributed by atoms with Crippen LogP contribution >= 0.6 is 0 Å². The average Bonchev–Trinajstić information content (AvgIpc) is 3.00. The third-order valence-electron chi connectivity index (χ3n) is 3.84. The normalized spacial score (nSPS) is 12.9. The minimum absolute atomic E-state index is 0.0103. The van der Waals surface area contributed by atoms with Crippen molar-refractivity contribution in [2.24, 2.45) is 12.0 Å². The molecule has 0 unspecified atom stereocenters. The van der Waals surface area contributed by atoms with Gasteiger partial charge in [0.05, 0.1) is 6.20 Å². The highest BCUT2D eigenvalue weighted by Gasteiger charge is 2.09. The van der Waals surface area contributed by atoms with E-state index < -0.39 is 11.6 Å². The zero-order valence-corrected chi connectivity index (χ0v) is 14.9. The summed E-state index contributed by atoms with van der Waals surface area (Å²) in [6.45, 7) is 5.90. The molecule has 0 aliphatic carbocycles. The Balaban J connectivity index is 1.90. The molecule has 0 fully saturated rings. The maximum atomic E-state index is 13.3. The molecule has 0 radical (unpaired) electrons. The second kappa shape index (κ2) is 9.15. The van der Waals surface area contributed by atoms with Gasteiger partial charge in [-0.05, 0) is 36.6 Å². The van der Waals surface area contributed by atoms with Gasteiger partial charge in [0.2, 0.25) is 0 Å². The predicted molar refractivity (Wildman–Crippen MR) is 95.7 cm³/mol. The summed E-state index contributed by atoms with van der Waals surface area (Å²) >= 11 is 0. The molecule has 0 aliphatic rings. The SMILES string of the molecule is CCNC(=NC[C@H](C)c1ccc(F)c(F)c1)NCCc1cnn(C)c1. The molecule has 0 aliphatic heterocycles. The van der Waals surface area contributed by atoms with Gasteiger partial charge in [0.25, 0.3) is 0 Å². The van der Waals surface area contributed by atoms with Crippen molar-refractivity contribution in [3.05, 3.63) is 53.4 Å². The molecular formula is C18H25F2N5. The van der Waals surface area contributed by atoms with Crippen molar-refractivity contribution in [2.75, 3.05) is 19.6 Å². The van der Waals surface area contributed by atoms with Crippen LogP contribution in [0, 0.1) is 11.6 Å². The molecule has 2 N–H and O–H groups in total. The average molecular weight is 349 g/mol. The number of hydrogen-bond donors (Lipinski definition) is 2. The smallest absolute Gasteiger partial charge is 0.191 e. The first-order valence-electron chi connectivity index (χ1n) is 8.44. The summed E-state index contributed by atoms with van der Waals surface area (Å²) in [5.74, 6) is -0.954. The first-order chi connectivity index (χ1) is 12.0. The molecule has 0 saturated heterocycles. The number of benzene rings is 1. The maximum Gasteiger partial charge on any atom is 0.191 e. The van der Waals surface area contributed by atoms with E-state index in [1.807, 2.05) is 33.3 Å². The minimum atomic E-state index is -0.829. The fourth-order valence-electron chi connectivity index (χ4n) is 2.42. The third kappa shape index (κ3) is 5.85. The third-order valence-corrected chi connectivity index (χ3v) is 3.84. The lowest BCUT2D eigenvalue weighted by Crippen LogP contribution is -2.38. The van der Waals surface area contributed by atoms with Gasteiger partial charge in [-0.1, -0.05) is 13.0 Å². The molecule has 2 rings (SSSR count). The van der Waals surface area contributed by atoms with Crippen molar-refractivity contribution in [3.63, 3.8) is 0 Å². The van der Waals surface area contributed by atoms with Crippen LogP contribution in [0.3, 0.4) is 0 Å². The summed E-state index contributed by atoms with van der Waals surface area (Å²) in [5, 5.41) is 10.6. The minimum Gasteiger partial charge on any atom is -0.357 e. The predicted octanol–water partition coefficient (Wildman–Crippen LogP) is 2.60. The lowest BCUT2D eigenvalue weighted by atomic mass is 10.0. The number of aromatic nitrogens is 2. The monoisotopic (exact) mass is 349 g/mol. The van der Waals surface area contributed by atoms with E-state index in [0.717, 1.165) is 36.7 Å². The summed E-state index contributed by atoms with van der Waals surface area (Å²) in [4.78, 5) is 4.54. The molecule has 0 amide bonds. The zero-order chi connectivity index (χ0) is 18.2. The molecule has 25 heavy (non-hydrogen) atoms. The number of aryl methyl sites for hydroxylation is 1. The summed E-state index contributed by atoms with van der Waals surface area (Å²) in [6, 6.07) is 3.99. The van der Waals surface area contributed by atoms with Crippen LogP contribution in [0.4, 0.5) is 8.78 Å². The molecule has 1 aromatic heterocycles. The zero-order valence-electron chi connectivity index (χ0n) is 14.9. The van der Waals surface area contributed by atoms with E-state index in [1.165, 1.54) is 6.07 Å². The van der Waals surface area contributed by atoms with E-state index >= 15 is 0 Å². The number of aliphatic imine (C=N–C) groups is 1. The Hall–Kier alpha value is -2.44. The fraction of sp³-hybridized carbons (Fsp3) is 0.444. The topological polar surface area (TPSA) is 54.2 Å². The van der Waals surface area contributed by atoms with E-state index in [0.29, 0.717) is 12.5 Å². The van der Waals surface area contributed by atoms with Crippen LogP contribution in [0.2, 0.25) is 0 Å². The lowest BCUT2D eigenvalue weighted by molar-refractivity contribution is 0.505. The van der Waals surface area contributed by atoms with E-state index in [9.17, 15) is 8.78 Å².